The molecule has 27 heavy (non-hydrogen) atoms. The maximum absolute atomic E-state index is 4.91. The minimum atomic E-state index is 0.659. The van der Waals surface area contributed by atoms with Crippen LogP contribution in [0.15, 0.2) is 90.1 Å². The van der Waals surface area contributed by atoms with Crippen LogP contribution in [-0.4, -0.2) is 15.0 Å². The first-order valence-electron chi connectivity index (χ1n) is 8.53. The molecule has 0 saturated heterocycles. The molecule has 0 aliphatic heterocycles. The minimum Gasteiger partial charge on any atom is -0.236 e. The predicted molar refractivity (Wildman–Crippen MR) is 115 cm³/mol. The molecule has 0 fully saturated rings. The lowest BCUT2D eigenvalue weighted by Crippen LogP contribution is -1.97. The van der Waals surface area contributed by atoms with Crippen LogP contribution in [0.5, 0.6) is 0 Å². The molecular formula is C23H16BrN3. The van der Waals surface area contributed by atoms with Gasteiger partial charge in [-0.25, -0.2) is 15.0 Å². The van der Waals surface area contributed by atoms with Crippen LogP contribution in [0.3, 0.4) is 0 Å². The largest absolute Gasteiger partial charge is 0.236 e. The topological polar surface area (TPSA) is 38.7 Å². The number of benzene rings is 2. The van der Waals surface area contributed by atoms with Crippen molar-refractivity contribution in [2.75, 3.05) is 0 Å². The summed E-state index contributed by atoms with van der Waals surface area (Å²) in [5.41, 5.74) is 4.61. The molecule has 0 radical (unpaired) electrons. The van der Waals surface area contributed by atoms with Gasteiger partial charge in [-0.05, 0) is 29.8 Å². The van der Waals surface area contributed by atoms with E-state index in [4.69, 9.17) is 4.98 Å². The zero-order valence-electron chi connectivity index (χ0n) is 14.5. The first-order chi connectivity index (χ1) is 13.3. The summed E-state index contributed by atoms with van der Waals surface area (Å²) >= 11 is 3.47. The van der Waals surface area contributed by atoms with Crippen LogP contribution in [0.4, 0.5) is 0 Å². The van der Waals surface area contributed by atoms with E-state index in [9.17, 15) is 0 Å². The van der Waals surface area contributed by atoms with Crippen molar-refractivity contribution in [1.29, 1.82) is 0 Å². The normalized spacial score (nSPS) is 11.1. The number of pyridine rings is 1. The molecular weight excluding hydrogens is 398 g/mol. The lowest BCUT2D eigenvalue weighted by atomic mass is 10.0. The average molecular weight is 414 g/mol. The molecule has 0 atom stereocenters. The van der Waals surface area contributed by atoms with E-state index >= 15 is 0 Å². The summed E-state index contributed by atoms with van der Waals surface area (Å²) in [4.78, 5) is 14.1. The standard InChI is InChI=1S/C23H16BrN3/c1-2-3-7-16-8-4-5-9-19(16)21-20-10-6-15-25-23(20)27-22(26-21)17-11-13-18(24)14-12-17/h2-15H,1H2/b7-3-. The molecule has 0 aliphatic rings. The van der Waals surface area contributed by atoms with Gasteiger partial charge >= 0.3 is 0 Å². The van der Waals surface area contributed by atoms with Crippen LogP contribution >= 0.6 is 15.9 Å². The summed E-state index contributed by atoms with van der Waals surface area (Å²) in [6, 6.07) is 20.1. The molecule has 0 bridgehead atoms. The zero-order valence-corrected chi connectivity index (χ0v) is 16.1. The molecule has 2 aromatic heterocycles. The molecule has 2 aromatic carbocycles. The van der Waals surface area contributed by atoms with Crippen molar-refractivity contribution in [3.05, 3.63) is 95.6 Å². The van der Waals surface area contributed by atoms with Gasteiger partial charge in [0.2, 0.25) is 0 Å². The molecule has 0 N–H and O–H groups in total. The molecule has 4 rings (SSSR count). The molecule has 0 unspecified atom stereocenters. The molecule has 0 aliphatic carbocycles. The molecule has 4 heteroatoms. The predicted octanol–water partition coefficient (Wildman–Crippen LogP) is 6.32. The van der Waals surface area contributed by atoms with E-state index in [2.05, 4.69) is 44.6 Å². The molecule has 2 heterocycles. The summed E-state index contributed by atoms with van der Waals surface area (Å²) in [5, 5.41) is 0.929. The maximum atomic E-state index is 4.91. The van der Waals surface area contributed by atoms with Crippen molar-refractivity contribution in [2.24, 2.45) is 0 Å². The maximum Gasteiger partial charge on any atom is 0.163 e. The van der Waals surface area contributed by atoms with Gasteiger partial charge in [-0.15, -0.1) is 0 Å². The fourth-order valence-corrected chi connectivity index (χ4v) is 3.19. The number of halogens is 1. The van der Waals surface area contributed by atoms with Crippen molar-refractivity contribution in [3.8, 4) is 22.6 Å². The highest BCUT2D eigenvalue weighted by atomic mass is 79.9. The van der Waals surface area contributed by atoms with Crippen molar-refractivity contribution in [2.45, 2.75) is 0 Å². The van der Waals surface area contributed by atoms with Crippen molar-refractivity contribution >= 4 is 33.0 Å². The van der Waals surface area contributed by atoms with E-state index in [1.54, 1.807) is 12.3 Å². The van der Waals surface area contributed by atoms with Gasteiger partial charge in [0, 0.05) is 27.2 Å². The van der Waals surface area contributed by atoms with Crippen LogP contribution in [0, 0.1) is 0 Å². The third-order valence-electron chi connectivity index (χ3n) is 4.20. The van der Waals surface area contributed by atoms with Gasteiger partial charge in [0.1, 0.15) is 0 Å². The van der Waals surface area contributed by atoms with E-state index in [-0.39, 0.29) is 0 Å². The Bertz CT molecular complexity index is 1150. The van der Waals surface area contributed by atoms with Crippen LogP contribution in [0.1, 0.15) is 5.56 Å². The second-order valence-corrected chi connectivity index (χ2v) is 6.88. The van der Waals surface area contributed by atoms with Crippen molar-refractivity contribution in [3.63, 3.8) is 0 Å². The van der Waals surface area contributed by atoms with Gasteiger partial charge in [0.25, 0.3) is 0 Å². The number of aromatic nitrogens is 3. The highest BCUT2D eigenvalue weighted by molar-refractivity contribution is 9.10. The lowest BCUT2D eigenvalue weighted by molar-refractivity contribution is 1.19. The van der Waals surface area contributed by atoms with E-state index in [1.807, 2.05) is 60.7 Å². The number of hydrogen-bond acceptors (Lipinski definition) is 3. The van der Waals surface area contributed by atoms with E-state index in [0.29, 0.717) is 11.5 Å². The first-order valence-corrected chi connectivity index (χ1v) is 9.33. The molecule has 3 nitrogen and oxygen atoms in total. The smallest absolute Gasteiger partial charge is 0.163 e. The van der Waals surface area contributed by atoms with Gasteiger partial charge in [-0.3, -0.25) is 0 Å². The molecule has 0 saturated carbocycles. The second kappa shape index (κ2) is 7.64. The fourth-order valence-electron chi connectivity index (χ4n) is 2.93. The summed E-state index contributed by atoms with van der Waals surface area (Å²) in [7, 11) is 0. The fraction of sp³-hybridized carbons (Fsp3) is 0. The Morgan fingerprint density at radius 3 is 2.52 bits per heavy atom. The molecule has 4 aromatic rings. The number of hydrogen-bond donors (Lipinski definition) is 0. The Balaban J connectivity index is 1.99. The third kappa shape index (κ3) is 3.57. The molecule has 0 spiro atoms. The first kappa shape index (κ1) is 17.3. The number of rotatable bonds is 4. The van der Waals surface area contributed by atoms with Crippen LogP contribution in [0.2, 0.25) is 0 Å². The summed E-state index contributed by atoms with van der Waals surface area (Å²) in [6.07, 6.45) is 7.49. The Morgan fingerprint density at radius 2 is 1.70 bits per heavy atom. The minimum absolute atomic E-state index is 0.659. The van der Waals surface area contributed by atoms with Gasteiger partial charge < -0.3 is 0 Å². The molecule has 130 valence electrons. The number of allylic oxidation sites excluding steroid dienone is 2. The van der Waals surface area contributed by atoms with Crippen LogP contribution in [-0.2, 0) is 0 Å². The highest BCUT2D eigenvalue weighted by Crippen LogP contribution is 2.31. The van der Waals surface area contributed by atoms with Gasteiger partial charge in [-0.2, -0.15) is 0 Å². The number of fused-ring (bicyclic) bond motifs is 1. The van der Waals surface area contributed by atoms with Crippen molar-refractivity contribution < 1.29 is 0 Å². The summed E-state index contributed by atoms with van der Waals surface area (Å²) in [6.45, 7) is 3.76. The van der Waals surface area contributed by atoms with Crippen molar-refractivity contribution in [1.82, 2.24) is 15.0 Å². The van der Waals surface area contributed by atoms with Gasteiger partial charge in [0.15, 0.2) is 11.5 Å². The second-order valence-electron chi connectivity index (χ2n) is 5.96. The third-order valence-corrected chi connectivity index (χ3v) is 4.73. The number of nitrogens with zero attached hydrogens (tertiary/aromatic N) is 3. The Labute approximate surface area is 166 Å². The lowest BCUT2D eigenvalue weighted by Gasteiger charge is -2.11. The SMILES string of the molecule is C=C/C=C\c1ccccc1-c1nc(-c2ccc(Br)cc2)nc2ncccc12. The highest BCUT2D eigenvalue weighted by Gasteiger charge is 2.13. The van der Waals surface area contributed by atoms with E-state index in [0.717, 1.165) is 32.2 Å². The average Bonchev–Trinajstić information content (AvgIpc) is 2.72. The van der Waals surface area contributed by atoms with E-state index < -0.39 is 0 Å². The zero-order chi connectivity index (χ0) is 18.6. The Kier molecular flexibility index (Phi) is 4.90. The Hall–Kier alpha value is -3.11. The Morgan fingerprint density at radius 1 is 0.889 bits per heavy atom. The summed E-state index contributed by atoms with van der Waals surface area (Å²) in [5.74, 6) is 0.659. The summed E-state index contributed by atoms with van der Waals surface area (Å²) < 4.78 is 1.02. The van der Waals surface area contributed by atoms with Crippen LogP contribution < -0.4 is 0 Å². The quantitative estimate of drug-likeness (QED) is 0.367. The monoisotopic (exact) mass is 413 g/mol. The van der Waals surface area contributed by atoms with Gasteiger partial charge in [0.05, 0.1) is 5.69 Å². The van der Waals surface area contributed by atoms with Crippen LogP contribution in [0.25, 0.3) is 39.8 Å². The molecule has 0 amide bonds. The van der Waals surface area contributed by atoms with Gasteiger partial charge in [-0.1, -0.05) is 77.1 Å². The van der Waals surface area contributed by atoms with E-state index in [1.165, 1.54) is 0 Å².